The highest BCUT2D eigenvalue weighted by atomic mass is 32.2. The van der Waals surface area contributed by atoms with E-state index < -0.39 is 27.6 Å². The van der Waals surface area contributed by atoms with Gasteiger partial charge in [-0.05, 0) is 66.9 Å². The Morgan fingerprint density at radius 3 is 2.38 bits per heavy atom. The first kappa shape index (κ1) is 27.9. The molecule has 0 radical (unpaired) electrons. The quantitative estimate of drug-likeness (QED) is 0.285. The lowest BCUT2D eigenvalue weighted by molar-refractivity contribution is -0.120. The molecule has 4 rings (SSSR count). The molecule has 0 fully saturated rings. The zero-order chi connectivity index (χ0) is 28.3. The Balaban J connectivity index is 1.67. The van der Waals surface area contributed by atoms with Crippen LogP contribution in [0.1, 0.15) is 41.4 Å². The summed E-state index contributed by atoms with van der Waals surface area (Å²) in [6, 6.07) is 14.8. The lowest BCUT2D eigenvalue weighted by Gasteiger charge is -2.14. The van der Waals surface area contributed by atoms with Gasteiger partial charge < -0.3 is 10.5 Å². The minimum atomic E-state index is -3.35. The Morgan fingerprint density at radius 2 is 1.77 bits per heavy atom. The van der Waals surface area contributed by atoms with Crippen molar-refractivity contribution in [3.63, 3.8) is 0 Å². The minimum absolute atomic E-state index is 0.0438. The molecule has 1 unspecified atom stereocenters. The van der Waals surface area contributed by atoms with E-state index in [1.807, 2.05) is 32.9 Å². The van der Waals surface area contributed by atoms with E-state index in [4.69, 9.17) is 10.5 Å². The van der Waals surface area contributed by atoms with Crippen LogP contribution >= 0.6 is 11.3 Å². The van der Waals surface area contributed by atoms with Gasteiger partial charge in [-0.3, -0.25) is 19.9 Å². The van der Waals surface area contributed by atoms with Crippen molar-refractivity contribution < 1.29 is 22.7 Å². The number of carbonyl (C=O) groups is 2. The van der Waals surface area contributed by atoms with Crippen molar-refractivity contribution in [1.29, 1.82) is 0 Å². The zero-order valence-corrected chi connectivity index (χ0v) is 23.5. The van der Waals surface area contributed by atoms with Crippen LogP contribution in [0.25, 0.3) is 11.3 Å². The van der Waals surface area contributed by atoms with Gasteiger partial charge >= 0.3 is 0 Å². The summed E-state index contributed by atoms with van der Waals surface area (Å²) >= 11 is 1.21. The van der Waals surface area contributed by atoms with Gasteiger partial charge in [0.05, 0.1) is 22.2 Å². The summed E-state index contributed by atoms with van der Waals surface area (Å²) in [5.41, 5.74) is 8.62. The molecule has 11 heteroatoms. The molecule has 3 N–H and O–H groups in total. The van der Waals surface area contributed by atoms with E-state index in [2.05, 4.69) is 15.3 Å². The number of nitrogens with one attached hydrogen (secondary N) is 1. The fourth-order valence-electron chi connectivity index (χ4n) is 4.08. The number of pyridine rings is 1. The Morgan fingerprint density at radius 1 is 1.05 bits per heavy atom. The number of hydrogen-bond donors (Lipinski definition) is 2. The molecule has 9 nitrogen and oxygen atoms in total. The maximum Gasteiger partial charge on any atom is 0.257 e. The van der Waals surface area contributed by atoms with E-state index in [0.29, 0.717) is 39.1 Å². The zero-order valence-electron chi connectivity index (χ0n) is 21.8. The standard InChI is InChI=1S/C28H28N4O5S2/c1-16(2)24(26(29)33)23-15-38-28(31-23)32-27(34)19-12-18(25-17(3)6-5-11-30-25)13-21(14-19)37-20-7-9-22(10-8-20)39(4,35)36/h5-16,24H,1-4H3,(H2,29,33)(H,31,32,34). The molecular weight excluding hydrogens is 536 g/mol. The van der Waals surface area contributed by atoms with Crippen LogP contribution in [-0.4, -0.2) is 36.5 Å². The van der Waals surface area contributed by atoms with Gasteiger partial charge in [0.15, 0.2) is 15.0 Å². The molecule has 0 saturated heterocycles. The smallest absolute Gasteiger partial charge is 0.257 e. The predicted octanol–water partition coefficient (Wildman–Crippen LogP) is 5.19. The first-order valence-corrected chi connectivity index (χ1v) is 14.8. The van der Waals surface area contributed by atoms with Crippen LogP contribution in [0.15, 0.2) is 71.1 Å². The average Bonchev–Trinajstić information content (AvgIpc) is 3.30. The molecule has 0 aliphatic heterocycles. The molecule has 0 saturated carbocycles. The normalized spacial score (nSPS) is 12.2. The summed E-state index contributed by atoms with van der Waals surface area (Å²) in [6.45, 7) is 5.68. The molecule has 4 aromatic rings. The number of aromatic nitrogens is 2. The van der Waals surface area contributed by atoms with Crippen molar-refractivity contribution in [2.24, 2.45) is 11.7 Å². The van der Waals surface area contributed by atoms with Crippen LogP contribution in [0.3, 0.4) is 0 Å². The molecule has 1 atom stereocenters. The predicted molar refractivity (Wildman–Crippen MR) is 151 cm³/mol. The Bertz CT molecular complexity index is 1630. The van der Waals surface area contributed by atoms with E-state index in [1.165, 1.54) is 23.5 Å². The van der Waals surface area contributed by atoms with Crippen molar-refractivity contribution in [2.75, 3.05) is 11.6 Å². The van der Waals surface area contributed by atoms with Gasteiger partial charge in [0.1, 0.15) is 11.5 Å². The molecule has 202 valence electrons. The number of benzene rings is 2. The van der Waals surface area contributed by atoms with Gasteiger partial charge in [-0.2, -0.15) is 0 Å². The molecule has 39 heavy (non-hydrogen) atoms. The van der Waals surface area contributed by atoms with Gasteiger partial charge in [-0.1, -0.05) is 19.9 Å². The summed E-state index contributed by atoms with van der Waals surface area (Å²) in [6.07, 6.45) is 2.80. The van der Waals surface area contributed by atoms with Gasteiger partial charge in [0.2, 0.25) is 5.91 Å². The largest absolute Gasteiger partial charge is 0.457 e. The second-order valence-electron chi connectivity index (χ2n) is 9.42. The number of sulfone groups is 1. The van der Waals surface area contributed by atoms with Crippen LogP contribution in [0, 0.1) is 12.8 Å². The van der Waals surface area contributed by atoms with E-state index >= 15 is 0 Å². The number of rotatable bonds is 9. The fraction of sp³-hybridized carbons (Fsp3) is 0.214. The minimum Gasteiger partial charge on any atom is -0.457 e. The van der Waals surface area contributed by atoms with Crippen LogP contribution in [0.4, 0.5) is 5.13 Å². The summed E-state index contributed by atoms with van der Waals surface area (Å²) in [4.78, 5) is 34.3. The first-order valence-electron chi connectivity index (χ1n) is 12.0. The van der Waals surface area contributed by atoms with Crippen LogP contribution in [-0.2, 0) is 14.6 Å². The van der Waals surface area contributed by atoms with Crippen molar-refractivity contribution in [1.82, 2.24) is 9.97 Å². The number of nitrogens with zero attached hydrogens (tertiary/aromatic N) is 2. The number of thiazole rings is 1. The molecule has 0 aliphatic carbocycles. The summed E-state index contributed by atoms with van der Waals surface area (Å²) in [5.74, 6) is -0.738. The number of hydrogen-bond acceptors (Lipinski definition) is 8. The second kappa shape index (κ2) is 11.3. The maximum absolute atomic E-state index is 13.3. The van der Waals surface area contributed by atoms with E-state index in [1.54, 1.807) is 41.9 Å². The Labute approximate surface area is 231 Å². The summed E-state index contributed by atoms with van der Waals surface area (Å²) < 4.78 is 29.6. The number of anilines is 1. The third kappa shape index (κ3) is 6.68. The van der Waals surface area contributed by atoms with Crippen LogP contribution in [0.5, 0.6) is 11.5 Å². The average molecular weight is 565 g/mol. The van der Waals surface area contributed by atoms with E-state index in [0.717, 1.165) is 11.8 Å². The number of aryl methyl sites for hydroxylation is 1. The van der Waals surface area contributed by atoms with Gasteiger partial charge in [0.25, 0.3) is 5.91 Å². The Hall–Kier alpha value is -4.09. The summed E-state index contributed by atoms with van der Waals surface area (Å²) in [5, 5.41) is 4.84. The SMILES string of the molecule is Cc1cccnc1-c1cc(Oc2ccc(S(C)(=O)=O)cc2)cc(C(=O)Nc2nc(C(C(N)=O)C(C)C)cs2)c1. The molecular formula is C28H28N4O5S2. The Kier molecular flexibility index (Phi) is 8.12. The lowest BCUT2D eigenvalue weighted by Crippen LogP contribution is -2.25. The van der Waals surface area contributed by atoms with Crippen molar-refractivity contribution in [2.45, 2.75) is 31.6 Å². The van der Waals surface area contributed by atoms with Gasteiger partial charge in [-0.25, -0.2) is 13.4 Å². The first-order chi connectivity index (χ1) is 18.4. The molecule has 0 spiro atoms. The number of primary amides is 1. The van der Waals surface area contributed by atoms with Crippen molar-refractivity contribution in [3.8, 4) is 22.8 Å². The van der Waals surface area contributed by atoms with Crippen molar-refractivity contribution >= 4 is 38.1 Å². The number of ether oxygens (including phenoxy) is 1. The van der Waals surface area contributed by atoms with E-state index in [9.17, 15) is 18.0 Å². The monoisotopic (exact) mass is 564 g/mol. The van der Waals surface area contributed by atoms with E-state index in [-0.39, 0.29) is 10.8 Å². The molecule has 2 aromatic carbocycles. The number of nitrogens with two attached hydrogens (primary N) is 1. The highest BCUT2D eigenvalue weighted by molar-refractivity contribution is 7.90. The highest BCUT2D eigenvalue weighted by Gasteiger charge is 2.25. The third-order valence-corrected chi connectivity index (χ3v) is 7.88. The second-order valence-corrected chi connectivity index (χ2v) is 12.3. The summed E-state index contributed by atoms with van der Waals surface area (Å²) in [7, 11) is -3.35. The van der Waals surface area contributed by atoms with Gasteiger partial charge in [-0.15, -0.1) is 11.3 Å². The third-order valence-electron chi connectivity index (χ3n) is 5.97. The topological polar surface area (TPSA) is 141 Å². The van der Waals surface area contributed by atoms with Crippen LogP contribution < -0.4 is 15.8 Å². The molecule has 2 amide bonds. The molecule has 0 aliphatic rings. The maximum atomic E-state index is 13.3. The molecule has 0 bridgehead atoms. The fourth-order valence-corrected chi connectivity index (χ4v) is 5.45. The number of amides is 2. The molecule has 2 aromatic heterocycles. The van der Waals surface area contributed by atoms with Crippen molar-refractivity contribution in [3.05, 3.63) is 83.0 Å². The highest BCUT2D eigenvalue weighted by Crippen LogP contribution is 2.32. The number of carbonyl (C=O) groups excluding carboxylic acids is 2. The van der Waals surface area contributed by atoms with Gasteiger partial charge in [0, 0.05) is 29.0 Å². The lowest BCUT2D eigenvalue weighted by atomic mass is 9.93. The molecule has 2 heterocycles. The van der Waals surface area contributed by atoms with Crippen LogP contribution in [0.2, 0.25) is 0 Å².